The number of hydrogen-bond donors (Lipinski definition) is 2. The molecule has 0 aromatic carbocycles. The molecule has 2 N–H and O–H groups in total. The lowest BCUT2D eigenvalue weighted by Gasteiger charge is -2.33. The number of nitrogens with zero attached hydrogens (tertiary/aromatic N) is 3. The van der Waals surface area contributed by atoms with E-state index in [0.717, 1.165) is 61.0 Å². The van der Waals surface area contributed by atoms with Crippen molar-refractivity contribution in [3.8, 4) is 0 Å². The number of halogens is 1. The molecule has 9 heteroatoms. The molecule has 2 aromatic heterocycles. The number of furan rings is 1. The molecule has 1 aliphatic heterocycles. The third-order valence-electron chi connectivity index (χ3n) is 4.83. The summed E-state index contributed by atoms with van der Waals surface area (Å²) in [6.45, 7) is 13.6. The van der Waals surface area contributed by atoms with Gasteiger partial charge < -0.3 is 19.8 Å². The van der Waals surface area contributed by atoms with Gasteiger partial charge in [-0.1, -0.05) is 0 Å². The Morgan fingerprint density at radius 1 is 1.24 bits per heavy atom. The van der Waals surface area contributed by atoms with Gasteiger partial charge in [-0.2, -0.15) is 0 Å². The standard InChI is InChI=1S/C20H31N5O2S.HI/c1-5-21-20(23-13-19-24-15(3)16(4)28-19)22-12-17(18-7-6-14(2)27-18)25-8-10-26-11-9-25;/h6-7,17H,5,8-13H2,1-4H3,(H2,21,22,23);1H. The molecule has 0 spiro atoms. The summed E-state index contributed by atoms with van der Waals surface area (Å²) in [5, 5.41) is 7.86. The van der Waals surface area contributed by atoms with Crippen molar-refractivity contribution in [3.05, 3.63) is 39.2 Å². The predicted molar refractivity (Wildman–Crippen MR) is 128 cm³/mol. The Morgan fingerprint density at radius 3 is 2.59 bits per heavy atom. The van der Waals surface area contributed by atoms with Gasteiger partial charge in [0.1, 0.15) is 16.5 Å². The summed E-state index contributed by atoms with van der Waals surface area (Å²) < 4.78 is 11.5. The lowest BCUT2D eigenvalue weighted by Crippen LogP contribution is -2.46. The molecule has 1 aliphatic rings. The number of aromatic nitrogens is 1. The largest absolute Gasteiger partial charge is 0.465 e. The molecule has 7 nitrogen and oxygen atoms in total. The highest BCUT2D eigenvalue weighted by molar-refractivity contribution is 14.0. The van der Waals surface area contributed by atoms with Gasteiger partial charge in [-0.05, 0) is 39.8 Å². The summed E-state index contributed by atoms with van der Waals surface area (Å²) in [4.78, 5) is 13.0. The van der Waals surface area contributed by atoms with Gasteiger partial charge >= 0.3 is 0 Å². The van der Waals surface area contributed by atoms with E-state index in [9.17, 15) is 0 Å². The maximum absolute atomic E-state index is 5.95. The van der Waals surface area contributed by atoms with Crippen LogP contribution in [-0.2, 0) is 11.3 Å². The molecule has 1 atom stereocenters. The van der Waals surface area contributed by atoms with Gasteiger partial charge in [0.2, 0.25) is 0 Å². The molecule has 2 aromatic rings. The first-order valence-electron chi connectivity index (χ1n) is 9.90. The molecule has 0 bridgehead atoms. The summed E-state index contributed by atoms with van der Waals surface area (Å²) in [5.41, 5.74) is 1.09. The van der Waals surface area contributed by atoms with E-state index in [2.05, 4.69) is 40.4 Å². The fraction of sp³-hybridized carbons (Fsp3) is 0.600. The average molecular weight is 533 g/mol. The number of morpholine rings is 1. The average Bonchev–Trinajstić information content (AvgIpc) is 3.26. The Hall–Kier alpha value is -1.17. The van der Waals surface area contributed by atoms with Crippen LogP contribution in [0.15, 0.2) is 21.5 Å². The minimum absolute atomic E-state index is 0. The molecule has 3 rings (SSSR count). The lowest BCUT2D eigenvalue weighted by atomic mass is 10.1. The van der Waals surface area contributed by atoms with E-state index in [4.69, 9.17) is 14.1 Å². The van der Waals surface area contributed by atoms with Crippen LogP contribution < -0.4 is 10.6 Å². The fourth-order valence-corrected chi connectivity index (χ4v) is 4.08. The molecule has 0 amide bonds. The number of hydrogen-bond acceptors (Lipinski definition) is 6. The van der Waals surface area contributed by atoms with Crippen LogP contribution >= 0.6 is 35.3 Å². The Kier molecular flexibility index (Phi) is 9.87. The van der Waals surface area contributed by atoms with Crippen LogP contribution in [0.25, 0.3) is 0 Å². The van der Waals surface area contributed by atoms with E-state index in [0.29, 0.717) is 13.1 Å². The molecule has 1 saturated heterocycles. The van der Waals surface area contributed by atoms with Crippen molar-refractivity contribution in [1.29, 1.82) is 0 Å². The SMILES string of the molecule is CCNC(=NCc1nc(C)c(C)s1)NCC(c1ccc(C)o1)N1CCOCC1.I. The summed E-state index contributed by atoms with van der Waals surface area (Å²) in [6, 6.07) is 4.24. The van der Waals surface area contributed by atoms with Crippen LogP contribution in [0, 0.1) is 20.8 Å². The van der Waals surface area contributed by atoms with Crippen LogP contribution in [0.5, 0.6) is 0 Å². The summed E-state index contributed by atoms with van der Waals surface area (Å²) in [6.07, 6.45) is 0. The molecular formula is C20H32IN5O2S. The Morgan fingerprint density at radius 2 is 2.00 bits per heavy atom. The highest BCUT2D eigenvalue weighted by Gasteiger charge is 2.25. The number of nitrogens with one attached hydrogen (secondary N) is 2. The second-order valence-electron chi connectivity index (χ2n) is 6.94. The Balaban J connectivity index is 0.00000300. The van der Waals surface area contributed by atoms with Crippen molar-refractivity contribution >= 4 is 41.3 Å². The second-order valence-corrected chi connectivity index (χ2v) is 8.23. The summed E-state index contributed by atoms with van der Waals surface area (Å²) in [5.74, 6) is 2.71. The third-order valence-corrected chi connectivity index (χ3v) is 5.89. The van der Waals surface area contributed by atoms with Crippen LogP contribution in [0.3, 0.4) is 0 Å². The molecule has 162 valence electrons. The van der Waals surface area contributed by atoms with E-state index in [-0.39, 0.29) is 30.0 Å². The minimum atomic E-state index is 0. The predicted octanol–water partition coefficient (Wildman–Crippen LogP) is 3.41. The maximum atomic E-state index is 5.95. The van der Waals surface area contributed by atoms with Crippen molar-refractivity contribution in [2.75, 3.05) is 39.4 Å². The number of ether oxygens (including phenoxy) is 1. The molecular weight excluding hydrogens is 501 g/mol. The molecule has 0 radical (unpaired) electrons. The molecule has 3 heterocycles. The van der Waals surface area contributed by atoms with Crippen LogP contribution in [0.2, 0.25) is 0 Å². The maximum Gasteiger partial charge on any atom is 0.191 e. The van der Waals surface area contributed by atoms with Crippen LogP contribution in [0.1, 0.15) is 40.1 Å². The minimum Gasteiger partial charge on any atom is -0.465 e. The molecule has 1 unspecified atom stereocenters. The van der Waals surface area contributed by atoms with Crippen molar-refractivity contribution in [3.63, 3.8) is 0 Å². The van der Waals surface area contributed by atoms with Crippen molar-refractivity contribution in [1.82, 2.24) is 20.5 Å². The van der Waals surface area contributed by atoms with Crippen LogP contribution in [0.4, 0.5) is 0 Å². The molecule has 0 aliphatic carbocycles. The Bertz CT molecular complexity index is 766. The first-order chi connectivity index (χ1) is 13.6. The Labute approximate surface area is 194 Å². The van der Waals surface area contributed by atoms with Gasteiger partial charge in [-0.25, -0.2) is 9.98 Å². The zero-order valence-electron chi connectivity index (χ0n) is 17.7. The monoisotopic (exact) mass is 533 g/mol. The number of aliphatic imine (C=N–C) groups is 1. The van der Waals surface area contributed by atoms with Gasteiger partial charge in [0.25, 0.3) is 0 Å². The van der Waals surface area contributed by atoms with E-state index in [1.54, 1.807) is 11.3 Å². The van der Waals surface area contributed by atoms with Crippen LogP contribution in [-0.4, -0.2) is 55.2 Å². The molecule has 29 heavy (non-hydrogen) atoms. The van der Waals surface area contributed by atoms with Crippen molar-refractivity contribution in [2.24, 2.45) is 4.99 Å². The second kappa shape index (κ2) is 11.9. The molecule has 1 fully saturated rings. The smallest absolute Gasteiger partial charge is 0.191 e. The zero-order valence-corrected chi connectivity index (χ0v) is 20.8. The number of thiazole rings is 1. The van der Waals surface area contributed by atoms with Crippen molar-refractivity contribution in [2.45, 2.75) is 40.3 Å². The van der Waals surface area contributed by atoms with Gasteiger partial charge in [-0.15, -0.1) is 35.3 Å². The van der Waals surface area contributed by atoms with Gasteiger partial charge in [0.05, 0.1) is 31.5 Å². The topological polar surface area (TPSA) is 74.9 Å². The van der Waals surface area contributed by atoms with E-state index in [1.165, 1.54) is 4.88 Å². The number of rotatable bonds is 7. The van der Waals surface area contributed by atoms with E-state index < -0.39 is 0 Å². The quantitative estimate of drug-likeness (QED) is 0.323. The first-order valence-corrected chi connectivity index (χ1v) is 10.7. The normalized spacial score (nSPS) is 16.3. The zero-order chi connectivity index (χ0) is 19.9. The molecule has 0 saturated carbocycles. The highest BCUT2D eigenvalue weighted by Crippen LogP contribution is 2.23. The highest BCUT2D eigenvalue weighted by atomic mass is 127. The summed E-state index contributed by atoms with van der Waals surface area (Å²) >= 11 is 1.71. The van der Waals surface area contributed by atoms with E-state index in [1.807, 2.05) is 19.9 Å². The first kappa shape index (κ1) is 24.1. The van der Waals surface area contributed by atoms with Gasteiger partial charge in [0, 0.05) is 31.1 Å². The van der Waals surface area contributed by atoms with Gasteiger partial charge in [0.15, 0.2) is 5.96 Å². The van der Waals surface area contributed by atoms with Gasteiger partial charge in [-0.3, -0.25) is 4.90 Å². The fourth-order valence-electron chi connectivity index (χ4n) is 3.22. The van der Waals surface area contributed by atoms with Crippen molar-refractivity contribution < 1.29 is 9.15 Å². The number of guanidine groups is 1. The summed E-state index contributed by atoms with van der Waals surface area (Å²) in [7, 11) is 0. The third kappa shape index (κ3) is 6.94. The number of aryl methyl sites for hydroxylation is 3. The van der Waals surface area contributed by atoms with E-state index >= 15 is 0 Å². The lowest BCUT2D eigenvalue weighted by molar-refractivity contribution is 0.0124.